The summed E-state index contributed by atoms with van der Waals surface area (Å²) in [6.07, 6.45) is 12.2. The number of nitrogens with zero attached hydrogens (tertiary/aromatic N) is 1. The molecule has 0 bridgehead atoms. The average Bonchev–Trinajstić information content (AvgIpc) is 3.68. The van der Waals surface area contributed by atoms with Gasteiger partial charge in [-0.1, -0.05) is 12.8 Å². The molecule has 6 rings (SSSR count). The van der Waals surface area contributed by atoms with Crippen LogP contribution in [0.1, 0.15) is 58.8 Å². The molecule has 6 atom stereocenters. The van der Waals surface area contributed by atoms with Crippen LogP contribution in [0.15, 0.2) is 47.0 Å². The number of Topliss-reactive ketones (excluding diaryl/α,β-unsaturated/α-hetero) is 1. The maximum atomic E-state index is 12.1. The third kappa shape index (κ3) is 4.95. The lowest BCUT2D eigenvalue weighted by Gasteiger charge is -2.16. The Morgan fingerprint density at radius 1 is 0.811 bits per heavy atom. The third-order valence-electron chi connectivity index (χ3n) is 8.29. The van der Waals surface area contributed by atoms with Gasteiger partial charge in [0.25, 0.3) is 18.5 Å². The monoisotopic (exact) mass is 511 g/mol. The first-order valence-corrected chi connectivity index (χ1v) is 13.0. The topological polar surface area (TPSA) is 108 Å². The molecule has 3 saturated carbocycles. The summed E-state index contributed by atoms with van der Waals surface area (Å²) in [5.41, 5.74) is 2.58. The summed E-state index contributed by atoms with van der Waals surface area (Å²) in [5, 5.41) is 0. The molecule has 0 radical (unpaired) electrons. The van der Waals surface area contributed by atoms with Crippen molar-refractivity contribution >= 4 is 23.6 Å². The van der Waals surface area contributed by atoms with Crippen LogP contribution in [0, 0.1) is 17.8 Å². The molecule has 1 amide bonds. The second-order valence-corrected chi connectivity index (χ2v) is 10.6. The van der Waals surface area contributed by atoms with E-state index in [0.29, 0.717) is 41.0 Å². The van der Waals surface area contributed by atoms with Gasteiger partial charge >= 0.3 is 11.9 Å². The van der Waals surface area contributed by atoms with E-state index in [-0.39, 0.29) is 29.5 Å². The van der Waals surface area contributed by atoms with Crippen LogP contribution in [0.25, 0.3) is 0 Å². The summed E-state index contributed by atoms with van der Waals surface area (Å²) in [4.78, 5) is 48.1. The molecule has 3 heterocycles. The molecule has 0 aromatic heterocycles. The van der Waals surface area contributed by atoms with Crippen LogP contribution < -0.4 is 0 Å². The number of esters is 2. The SMILES string of the molecule is CC1=CC(O/C=C2/C(=O)CC3CCCC23)OC1=O.CC1=CC(O/C=C2/C(=O)N(C)C3CCCC23)OC1=O. The molecule has 6 aliphatic rings. The molecule has 0 N–H and O–H groups in total. The van der Waals surface area contributed by atoms with Gasteiger partial charge in [-0.2, -0.15) is 0 Å². The Bertz CT molecular complexity index is 1130. The smallest absolute Gasteiger partial charge is 0.336 e. The predicted octanol–water partition coefficient (Wildman–Crippen LogP) is 3.46. The number of likely N-dealkylation sites (tertiary alicyclic amines) is 1. The van der Waals surface area contributed by atoms with Gasteiger partial charge in [-0.05, 0) is 51.4 Å². The number of amides is 1. The van der Waals surface area contributed by atoms with Crippen molar-refractivity contribution < 1.29 is 38.1 Å². The molecule has 6 unspecified atom stereocenters. The quantitative estimate of drug-likeness (QED) is 0.321. The first kappa shape index (κ1) is 25.3. The number of ketones is 1. The summed E-state index contributed by atoms with van der Waals surface area (Å²) in [5.74, 6) is 0.636. The molecular weight excluding hydrogens is 478 g/mol. The third-order valence-corrected chi connectivity index (χ3v) is 8.29. The van der Waals surface area contributed by atoms with Crippen molar-refractivity contribution in [2.45, 2.75) is 77.4 Å². The number of fused-ring (bicyclic) bond motifs is 2. The number of hydrogen-bond acceptors (Lipinski definition) is 8. The Labute approximate surface area is 216 Å². The number of allylic oxidation sites excluding steroid dienone is 1. The molecule has 1 saturated heterocycles. The Morgan fingerprint density at radius 3 is 1.97 bits per heavy atom. The number of ether oxygens (including phenoxy) is 4. The molecule has 4 fully saturated rings. The zero-order chi connectivity index (χ0) is 26.3. The molecule has 3 aliphatic heterocycles. The van der Waals surface area contributed by atoms with E-state index in [4.69, 9.17) is 18.9 Å². The van der Waals surface area contributed by atoms with Gasteiger partial charge < -0.3 is 23.8 Å². The molecule has 9 heteroatoms. The van der Waals surface area contributed by atoms with Gasteiger partial charge in [-0.15, -0.1) is 0 Å². The summed E-state index contributed by atoms with van der Waals surface area (Å²) in [7, 11) is 1.84. The lowest BCUT2D eigenvalue weighted by Crippen LogP contribution is -2.28. The maximum absolute atomic E-state index is 12.1. The summed E-state index contributed by atoms with van der Waals surface area (Å²) < 4.78 is 20.8. The Kier molecular flexibility index (Phi) is 6.96. The van der Waals surface area contributed by atoms with E-state index in [1.54, 1.807) is 30.9 Å². The number of carbonyl (C=O) groups is 4. The van der Waals surface area contributed by atoms with Crippen molar-refractivity contribution in [3.05, 3.63) is 47.0 Å². The predicted molar refractivity (Wildman–Crippen MR) is 130 cm³/mol. The summed E-state index contributed by atoms with van der Waals surface area (Å²) in [6.45, 7) is 3.37. The van der Waals surface area contributed by atoms with Crippen molar-refractivity contribution in [2.24, 2.45) is 17.8 Å². The molecule has 9 nitrogen and oxygen atoms in total. The van der Waals surface area contributed by atoms with E-state index in [0.717, 1.165) is 37.7 Å². The first-order chi connectivity index (χ1) is 17.7. The Hall–Kier alpha value is -3.36. The van der Waals surface area contributed by atoms with Crippen molar-refractivity contribution in [1.82, 2.24) is 4.90 Å². The van der Waals surface area contributed by atoms with Gasteiger partial charge in [-0.25, -0.2) is 9.59 Å². The van der Waals surface area contributed by atoms with E-state index in [2.05, 4.69) is 0 Å². The minimum atomic E-state index is -0.696. The lowest BCUT2D eigenvalue weighted by atomic mass is 9.98. The van der Waals surface area contributed by atoms with Crippen molar-refractivity contribution in [3.63, 3.8) is 0 Å². The van der Waals surface area contributed by atoms with E-state index in [1.807, 2.05) is 7.05 Å². The molecule has 0 spiro atoms. The average molecular weight is 512 g/mol. The van der Waals surface area contributed by atoms with Crippen LogP contribution in [0.2, 0.25) is 0 Å². The van der Waals surface area contributed by atoms with Crippen LogP contribution in [-0.2, 0) is 38.1 Å². The fraction of sp³-hybridized carbons (Fsp3) is 0.571. The minimum absolute atomic E-state index is 0.0275. The van der Waals surface area contributed by atoms with Gasteiger partial charge in [0.2, 0.25) is 0 Å². The van der Waals surface area contributed by atoms with Gasteiger partial charge in [0.1, 0.15) is 0 Å². The minimum Gasteiger partial charge on any atom is -0.458 e. The van der Waals surface area contributed by atoms with Crippen LogP contribution >= 0.6 is 0 Å². The fourth-order valence-corrected chi connectivity index (χ4v) is 6.25. The van der Waals surface area contributed by atoms with E-state index in [1.165, 1.54) is 18.9 Å². The molecule has 0 aromatic rings. The number of rotatable bonds is 4. The largest absolute Gasteiger partial charge is 0.458 e. The van der Waals surface area contributed by atoms with Gasteiger partial charge in [0.15, 0.2) is 5.78 Å². The Balaban J connectivity index is 0.000000152. The molecule has 0 aromatic carbocycles. The standard InChI is InChI=1S/C14H17NO4.C14H16O4/c1-8-6-12(19-14(8)17)18-7-10-9-4-3-5-11(9)15(2)13(10)16;1-8-5-13(18-14(8)16)17-7-11-10-4-2-3-9(10)6-12(11)15/h6-7,9,11-12H,3-5H2,1-2H3;5,7,9-10,13H,2-4,6H2,1H3/b10-7+;11-7+. The van der Waals surface area contributed by atoms with Crippen LogP contribution in [0.3, 0.4) is 0 Å². The second kappa shape index (κ2) is 10.2. The van der Waals surface area contributed by atoms with Crippen LogP contribution in [-0.4, -0.2) is 54.2 Å². The van der Waals surface area contributed by atoms with Crippen molar-refractivity contribution in [1.29, 1.82) is 0 Å². The Morgan fingerprint density at radius 2 is 1.38 bits per heavy atom. The van der Waals surface area contributed by atoms with Gasteiger partial charge in [-0.3, -0.25) is 9.59 Å². The molecule has 3 aliphatic carbocycles. The number of likely N-dealkylation sites (N-methyl/N-ethyl adjacent to an activating group) is 1. The number of carbonyl (C=O) groups excluding carboxylic acids is 4. The summed E-state index contributed by atoms with van der Waals surface area (Å²) in [6, 6.07) is 0.311. The highest BCUT2D eigenvalue weighted by molar-refractivity contribution is 5.98. The van der Waals surface area contributed by atoms with Crippen LogP contribution in [0.4, 0.5) is 0 Å². The fourth-order valence-electron chi connectivity index (χ4n) is 6.25. The molecular formula is C28H33NO8. The number of cyclic esters (lactones) is 2. The highest BCUT2D eigenvalue weighted by Crippen LogP contribution is 2.45. The van der Waals surface area contributed by atoms with Crippen molar-refractivity contribution in [2.75, 3.05) is 7.05 Å². The second-order valence-electron chi connectivity index (χ2n) is 10.6. The van der Waals surface area contributed by atoms with E-state index < -0.39 is 12.6 Å². The highest BCUT2D eigenvalue weighted by Gasteiger charge is 2.45. The molecule has 37 heavy (non-hydrogen) atoms. The van der Waals surface area contributed by atoms with Crippen LogP contribution in [0.5, 0.6) is 0 Å². The first-order valence-electron chi connectivity index (χ1n) is 13.0. The lowest BCUT2D eigenvalue weighted by molar-refractivity contribution is -0.153. The van der Waals surface area contributed by atoms with Crippen molar-refractivity contribution in [3.8, 4) is 0 Å². The van der Waals surface area contributed by atoms with Gasteiger partial charge in [0, 0.05) is 54.3 Å². The maximum Gasteiger partial charge on any atom is 0.336 e. The zero-order valence-corrected chi connectivity index (χ0v) is 21.4. The van der Waals surface area contributed by atoms with E-state index in [9.17, 15) is 19.2 Å². The van der Waals surface area contributed by atoms with Gasteiger partial charge in [0.05, 0.1) is 18.1 Å². The summed E-state index contributed by atoms with van der Waals surface area (Å²) >= 11 is 0. The highest BCUT2D eigenvalue weighted by atomic mass is 16.7. The zero-order valence-electron chi connectivity index (χ0n) is 21.4. The normalized spacial score (nSPS) is 36.2. The van der Waals surface area contributed by atoms with E-state index >= 15 is 0 Å². The molecule has 198 valence electrons. The number of hydrogen-bond donors (Lipinski definition) is 0.